The highest BCUT2D eigenvalue weighted by Gasteiger charge is 2.19. The SMILES string of the molecule is ClC1CNCCN1c1ccccc1. The van der Waals surface area contributed by atoms with Gasteiger partial charge >= 0.3 is 0 Å². The maximum Gasteiger partial charge on any atom is 0.116 e. The number of anilines is 1. The van der Waals surface area contributed by atoms with Crippen molar-refractivity contribution in [2.24, 2.45) is 0 Å². The van der Waals surface area contributed by atoms with Crippen LogP contribution in [0.3, 0.4) is 0 Å². The Labute approximate surface area is 83.5 Å². The van der Waals surface area contributed by atoms with Gasteiger partial charge in [0.1, 0.15) is 5.50 Å². The summed E-state index contributed by atoms with van der Waals surface area (Å²) in [5.41, 5.74) is 1.29. The van der Waals surface area contributed by atoms with Crippen molar-refractivity contribution >= 4 is 17.3 Å². The van der Waals surface area contributed by atoms with Crippen molar-refractivity contribution in [3.05, 3.63) is 30.3 Å². The minimum atomic E-state index is 0.0798. The molecule has 2 nitrogen and oxygen atoms in total. The van der Waals surface area contributed by atoms with Gasteiger partial charge in [0.05, 0.1) is 0 Å². The zero-order valence-corrected chi connectivity index (χ0v) is 8.17. The Bertz CT molecular complexity index is 263. The van der Waals surface area contributed by atoms with Crippen molar-refractivity contribution in [2.75, 3.05) is 24.5 Å². The van der Waals surface area contributed by atoms with Crippen molar-refractivity contribution < 1.29 is 0 Å². The van der Waals surface area contributed by atoms with Gasteiger partial charge in [0.25, 0.3) is 0 Å². The van der Waals surface area contributed by atoms with Gasteiger partial charge in [0.15, 0.2) is 0 Å². The van der Waals surface area contributed by atoms with Gasteiger partial charge in [0, 0.05) is 25.3 Å². The van der Waals surface area contributed by atoms with E-state index in [-0.39, 0.29) is 5.50 Å². The molecule has 1 atom stereocenters. The average molecular weight is 197 g/mol. The third-order valence-electron chi connectivity index (χ3n) is 2.27. The van der Waals surface area contributed by atoms with E-state index in [1.807, 2.05) is 18.2 Å². The molecule has 1 heterocycles. The Kier molecular flexibility index (Phi) is 2.71. The molecule has 1 N–H and O–H groups in total. The smallest absolute Gasteiger partial charge is 0.116 e. The third-order valence-corrected chi connectivity index (χ3v) is 2.66. The maximum absolute atomic E-state index is 6.18. The van der Waals surface area contributed by atoms with Crippen LogP contribution in [0.1, 0.15) is 0 Å². The Balaban J connectivity index is 2.15. The van der Waals surface area contributed by atoms with Gasteiger partial charge in [-0.1, -0.05) is 29.8 Å². The summed E-state index contributed by atoms with van der Waals surface area (Å²) in [5.74, 6) is 0. The van der Waals surface area contributed by atoms with E-state index in [0.29, 0.717) is 0 Å². The Morgan fingerprint density at radius 2 is 2.08 bits per heavy atom. The van der Waals surface area contributed by atoms with Crippen LogP contribution >= 0.6 is 11.6 Å². The van der Waals surface area contributed by atoms with Gasteiger partial charge in [0.2, 0.25) is 0 Å². The van der Waals surface area contributed by atoms with E-state index < -0.39 is 0 Å². The number of rotatable bonds is 1. The van der Waals surface area contributed by atoms with E-state index in [4.69, 9.17) is 11.6 Å². The highest BCUT2D eigenvalue weighted by atomic mass is 35.5. The van der Waals surface area contributed by atoms with E-state index in [0.717, 1.165) is 19.6 Å². The summed E-state index contributed by atoms with van der Waals surface area (Å²) in [7, 11) is 0. The Morgan fingerprint density at radius 3 is 2.77 bits per heavy atom. The van der Waals surface area contributed by atoms with Crippen LogP contribution in [0.2, 0.25) is 0 Å². The van der Waals surface area contributed by atoms with Crippen LogP contribution in [0.25, 0.3) is 0 Å². The lowest BCUT2D eigenvalue weighted by Gasteiger charge is -2.34. The van der Waals surface area contributed by atoms with Crippen LogP contribution in [0, 0.1) is 0 Å². The van der Waals surface area contributed by atoms with E-state index in [1.54, 1.807) is 0 Å². The fourth-order valence-corrected chi connectivity index (χ4v) is 1.90. The first-order valence-corrected chi connectivity index (χ1v) is 4.98. The van der Waals surface area contributed by atoms with Crippen molar-refractivity contribution in [2.45, 2.75) is 5.50 Å². The maximum atomic E-state index is 6.18. The molecule has 1 aromatic rings. The number of nitrogens with zero attached hydrogens (tertiary/aromatic N) is 1. The van der Waals surface area contributed by atoms with E-state index >= 15 is 0 Å². The number of para-hydroxylation sites is 1. The summed E-state index contributed by atoms with van der Waals surface area (Å²) in [6.45, 7) is 2.85. The van der Waals surface area contributed by atoms with Crippen molar-refractivity contribution in [1.82, 2.24) is 5.32 Å². The summed E-state index contributed by atoms with van der Waals surface area (Å²) < 4.78 is 0. The van der Waals surface area contributed by atoms with Crippen LogP contribution < -0.4 is 10.2 Å². The minimum Gasteiger partial charge on any atom is -0.353 e. The Hall–Kier alpha value is -0.730. The molecule has 2 rings (SSSR count). The van der Waals surface area contributed by atoms with Gasteiger partial charge in [-0.2, -0.15) is 0 Å². The van der Waals surface area contributed by atoms with Crippen LogP contribution in [-0.4, -0.2) is 25.1 Å². The van der Waals surface area contributed by atoms with Gasteiger partial charge in [-0.05, 0) is 12.1 Å². The molecular weight excluding hydrogens is 184 g/mol. The number of hydrogen-bond acceptors (Lipinski definition) is 2. The monoisotopic (exact) mass is 196 g/mol. The average Bonchev–Trinajstić information content (AvgIpc) is 2.20. The summed E-state index contributed by atoms with van der Waals surface area (Å²) >= 11 is 6.18. The first kappa shape index (κ1) is 8.85. The number of hydrogen-bond donors (Lipinski definition) is 1. The van der Waals surface area contributed by atoms with Crippen molar-refractivity contribution in [3.8, 4) is 0 Å². The van der Waals surface area contributed by atoms with Gasteiger partial charge in [-0.3, -0.25) is 0 Å². The standard InChI is InChI=1S/C10H13ClN2/c11-10-8-12-6-7-13(10)9-4-2-1-3-5-9/h1-5,10,12H,6-8H2. The number of nitrogens with one attached hydrogen (secondary N) is 1. The predicted octanol–water partition coefficient (Wildman–Crippen LogP) is 1.66. The summed E-state index contributed by atoms with van der Waals surface area (Å²) in [6.07, 6.45) is 0. The molecule has 1 fully saturated rings. The molecule has 1 unspecified atom stereocenters. The second-order valence-electron chi connectivity index (χ2n) is 3.17. The van der Waals surface area contributed by atoms with Crippen LogP contribution in [0.5, 0.6) is 0 Å². The lowest BCUT2D eigenvalue weighted by atomic mass is 10.2. The topological polar surface area (TPSA) is 15.3 Å². The highest BCUT2D eigenvalue weighted by molar-refractivity contribution is 6.22. The molecule has 3 heteroatoms. The number of halogens is 1. The first-order chi connectivity index (χ1) is 6.38. The molecule has 1 saturated heterocycles. The molecule has 1 aliphatic heterocycles. The van der Waals surface area contributed by atoms with E-state index in [9.17, 15) is 0 Å². The number of piperazine rings is 1. The molecule has 70 valence electrons. The second-order valence-corrected chi connectivity index (χ2v) is 3.67. The molecule has 1 aliphatic rings. The zero-order valence-electron chi connectivity index (χ0n) is 7.41. The predicted molar refractivity (Wildman–Crippen MR) is 56.3 cm³/mol. The van der Waals surface area contributed by atoms with Crippen LogP contribution in [0.15, 0.2) is 30.3 Å². The molecular formula is C10H13ClN2. The second kappa shape index (κ2) is 3.99. The first-order valence-electron chi connectivity index (χ1n) is 4.54. The summed E-state index contributed by atoms with van der Waals surface area (Å²) in [6, 6.07) is 10.3. The Morgan fingerprint density at radius 1 is 1.31 bits per heavy atom. The minimum absolute atomic E-state index is 0.0798. The fraction of sp³-hybridized carbons (Fsp3) is 0.400. The molecule has 0 bridgehead atoms. The molecule has 0 aromatic heterocycles. The third kappa shape index (κ3) is 1.95. The zero-order chi connectivity index (χ0) is 9.10. The summed E-state index contributed by atoms with van der Waals surface area (Å²) in [4.78, 5) is 2.22. The quantitative estimate of drug-likeness (QED) is 0.543. The lowest BCUT2D eigenvalue weighted by Crippen LogP contribution is -2.48. The lowest BCUT2D eigenvalue weighted by molar-refractivity contribution is 0.559. The van der Waals surface area contributed by atoms with Gasteiger partial charge < -0.3 is 10.2 Å². The van der Waals surface area contributed by atoms with E-state index in [1.165, 1.54) is 5.69 Å². The molecule has 0 saturated carbocycles. The molecule has 0 spiro atoms. The van der Waals surface area contributed by atoms with Gasteiger partial charge in [-0.25, -0.2) is 0 Å². The van der Waals surface area contributed by atoms with Crippen molar-refractivity contribution in [3.63, 3.8) is 0 Å². The van der Waals surface area contributed by atoms with Gasteiger partial charge in [-0.15, -0.1) is 0 Å². The fourth-order valence-electron chi connectivity index (χ4n) is 1.58. The molecule has 0 amide bonds. The van der Waals surface area contributed by atoms with Crippen LogP contribution in [0.4, 0.5) is 5.69 Å². The highest BCUT2D eigenvalue weighted by Crippen LogP contribution is 2.19. The molecule has 0 aliphatic carbocycles. The largest absolute Gasteiger partial charge is 0.353 e. The molecule has 1 aromatic carbocycles. The van der Waals surface area contributed by atoms with Crippen LogP contribution in [-0.2, 0) is 0 Å². The van der Waals surface area contributed by atoms with E-state index in [2.05, 4.69) is 22.3 Å². The number of alkyl halides is 1. The normalized spacial score (nSPS) is 23.2. The molecule has 0 radical (unpaired) electrons. The molecule has 13 heavy (non-hydrogen) atoms. The number of benzene rings is 1. The summed E-state index contributed by atoms with van der Waals surface area (Å²) in [5, 5.41) is 3.26. The van der Waals surface area contributed by atoms with Crippen molar-refractivity contribution in [1.29, 1.82) is 0 Å².